The average molecular weight is 281 g/mol. The Morgan fingerprint density at radius 2 is 2.39 bits per heavy atom. The Morgan fingerprint density at radius 1 is 1.50 bits per heavy atom. The van der Waals surface area contributed by atoms with Crippen LogP contribution in [0.15, 0.2) is 23.7 Å². The zero-order valence-corrected chi connectivity index (χ0v) is 11.3. The Hall–Kier alpha value is -1.10. The molecule has 0 spiro atoms. The molecule has 2 aromatic heterocycles. The van der Waals surface area contributed by atoms with Gasteiger partial charge in [0.05, 0.1) is 11.6 Å². The summed E-state index contributed by atoms with van der Waals surface area (Å²) >= 11 is 8.05. The number of nitrogens with zero attached hydrogens (tertiary/aromatic N) is 2. The first-order chi connectivity index (χ1) is 8.78. The van der Waals surface area contributed by atoms with Gasteiger partial charge in [-0.1, -0.05) is 11.6 Å². The van der Waals surface area contributed by atoms with Crippen molar-refractivity contribution < 1.29 is 5.11 Å². The Balaban J connectivity index is 1.88. The maximum atomic E-state index is 9.05. The zero-order valence-electron chi connectivity index (χ0n) is 9.77. The van der Waals surface area contributed by atoms with Crippen molar-refractivity contribution in [1.82, 2.24) is 4.98 Å². The van der Waals surface area contributed by atoms with Crippen LogP contribution >= 0.6 is 22.9 Å². The van der Waals surface area contributed by atoms with Crippen LogP contribution in [0.2, 0.25) is 5.02 Å². The number of hydrogen-bond acceptors (Lipinski definition) is 4. The lowest BCUT2D eigenvalue weighted by Crippen LogP contribution is -2.30. The molecule has 3 heterocycles. The van der Waals surface area contributed by atoms with Crippen LogP contribution in [-0.2, 0) is 19.6 Å². The fraction of sp³-hybridized carbons (Fsp3) is 0.308. The van der Waals surface area contributed by atoms with Crippen molar-refractivity contribution >= 4 is 28.8 Å². The number of aromatic nitrogens is 1. The number of halogens is 1. The Kier molecular flexibility index (Phi) is 3.24. The number of aliphatic hydroxyl groups is 1. The summed E-state index contributed by atoms with van der Waals surface area (Å²) in [7, 11) is 0. The molecule has 1 aliphatic heterocycles. The maximum Gasteiger partial charge on any atom is 0.147 e. The molecule has 0 amide bonds. The van der Waals surface area contributed by atoms with Gasteiger partial charge in [-0.25, -0.2) is 4.98 Å². The average Bonchev–Trinajstić information content (AvgIpc) is 2.85. The van der Waals surface area contributed by atoms with Crippen LogP contribution < -0.4 is 4.90 Å². The molecular weight excluding hydrogens is 268 g/mol. The van der Waals surface area contributed by atoms with Crippen molar-refractivity contribution in [1.29, 1.82) is 0 Å². The van der Waals surface area contributed by atoms with Crippen LogP contribution in [0.5, 0.6) is 0 Å². The number of anilines is 1. The second-order valence-corrected chi connectivity index (χ2v) is 5.76. The molecule has 3 rings (SSSR count). The minimum atomic E-state index is -0.0261. The molecule has 0 aliphatic carbocycles. The molecule has 5 heteroatoms. The first kappa shape index (κ1) is 12.0. The predicted molar refractivity (Wildman–Crippen MR) is 74.2 cm³/mol. The summed E-state index contributed by atoms with van der Waals surface area (Å²) in [4.78, 5) is 8.03. The smallest absolute Gasteiger partial charge is 0.147 e. The third-order valence-electron chi connectivity index (χ3n) is 3.17. The topological polar surface area (TPSA) is 36.4 Å². The fourth-order valence-electron chi connectivity index (χ4n) is 2.22. The number of fused-ring (bicyclic) bond motifs is 1. The number of hydrogen-bond donors (Lipinski definition) is 1. The molecule has 94 valence electrons. The van der Waals surface area contributed by atoms with Gasteiger partial charge in [0.15, 0.2) is 0 Å². The van der Waals surface area contributed by atoms with Crippen molar-refractivity contribution in [3.05, 3.63) is 44.7 Å². The van der Waals surface area contributed by atoms with Gasteiger partial charge in [0.2, 0.25) is 0 Å². The predicted octanol–water partition coefficient (Wildman–Crippen LogP) is 2.85. The van der Waals surface area contributed by atoms with Crippen molar-refractivity contribution in [2.24, 2.45) is 0 Å². The first-order valence-corrected chi connectivity index (χ1v) is 7.09. The lowest BCUT2D eigenvalue weighted by atomic mass is 10.1. The number of thiophene rings is 1. The van der Waals surface area contributed by atoms with Crippen LogP contribution in [-0.4, -0.2) is 16.6 Å². The molecule has 2 aromatic rings. The van der Waals surface area contributed by atoms with E-state index in [9.17, 15) is 0 Å². The quantitative estimate of drug-likeness (QED) is 0.919. The lowest BCUT2D eigenvalue weighted by Gasteiger charge is -2.28. The highest BCUT2D eigenvalue weighted by Crippen LogP contribution is 2.30. The highest BCUT2D eigenvalue weighted by atomic mass is 35.5. The molecule has 0 atom stereocenters. The van der Waals surface area contributed by atoms with Crippen LogP contribution in [0, 0.1) is 0 Å². The van der Waals surface area contributed by atoms with Crippen molar-refractivity contribution in [2.45, 2.75) is 19.6 Å². The van der Waals surface area contributed by atoms with Crippen molar-refractivity contribution in [3.63, 3.8) is 0 Å². The standard InChI is InChI=1S/C13H13ClN2OS/c14-11-5-9(8-17)6-15-13(11)16-3-1-12-10(7-16)2-4-18-12/h2,4-6,17H,1,3,7-8H2. The van der Waals surface area contributed by atoms with Crippen LogP contribution in [0.4, 0.5) is 5.82 Å². The second-order valence-electron chi connectivity index (χ2n) is 4.35. The minimum absolute atomic E-state index is 0.0261. The first-order valence-electron chi connectivity index (χ1n) is 5.83. The molecule has 0 aromatic carbocycles. The highest BCUT2D eigenvalue weighted by Gasteiger charge is 2.20. The van der Waals surface area contributed by atoms with E-state index < -0.39 is 0 Å². The number of aliphatic hydroxyl groups excluding tert-OH is 1. The summed E-state index contributed by atoms with van der Waals surface area (Å²) in [5.41, 5.74) is 2.12. The fourth-order valence-corrected chi connectivity index (χ4v) is 3.42. The van der Waals surface area contributed by atoms with Gasteiger partial charge < -0.3 is 10.0 Å². The van der Waals surface area contributed by atoms with Gasteiger partial charge in [-0.15, -0.1) is 11.3 Å². The largest absolute Gasteiger partial charge is 0.392 e. The minimum Gasteiger partial charge on any atom is -0.392 e. The molecule has 0 unspecified atom stereocenters. The van der Waals surface area contributed by atoms with Crippen molar-refractivity contribution in [2.75, 3.05) is 11.4 Å². The second kappa shape index (κ2) is 4.88. The van der Waals surface area contributed by atoms with E-state index in [1.54, 1.807) is 12.3 Å². The molecule has 0 bridgehead atoms. The van der Waals surface area contributed by atoms with Gasteiger partial charge in [0.25, 0.3) is 0 Å². The Labute approximate surface area is 115 Å². The number of pyridine rings is 1. The molecule has 0 saturated heterocycles. The molecule has 3 nitrogen and oxygen atoms in total. The lowest BCUT2D eigenvalue weighted by molar-refractivity contribution is 0.281. The van der Waals surface area contributed by atoms with E-state index in [4.69, 9.17) is 16.7 Å². The molecule has 1 N–H and O–H groups in total. The van der Waals surface area contributed by atoms with Gasteiger partial charge >= 0.3 is 0 Å². The van der Waals surface area contributed by atoms with E-state index in [-0.39, 0.29) is 6.61 Å². The number of rotatable bonds is 2. The summed E-state index contributed by atoms with van der Waals surface area (Å²) in [6, 6.07) is 3.95. The zero-order chi connectivity index (χ0) is 12.5. The van der Waals surface area contributed by atoms with Gasteiger partial charge in [-0.2, -0.15) is 0 Å². The highest BCUT2D eigenvalue weighted by molar-refractivity contribution is 7.10. The molecule has 0 saturated carbocycles. The van der Waals surface area contributed by atoms with E-state index in [0.29, 0.717) is 5.02 Å². The van der Waals surface area contributed by atoms with Crippen molar-refractivity contribution in [3.8, 4) is 0 Å². The van der Waals surface area contributed by atoms with E-state index in [2.05, 4.69) is 21.3 Å². The van der Waals surface area contributed by atoms with Gasteiger partial charge in [-0.3, -0.25) is 0 Å². The summed E-state index contributed by atoms with van der Waals surface area (Å²) in [5, 5.41) is 11.8. The molecular formula is C13H13ClN2OS. The Bertz CT molecular complexity index is 570. The SMILES string of the molecule is OCc1cnc(N2CCc3sccc3C2)c(Cl)c1. The third kappa shape index (κ3) is 2.11. The van der Waals surface area contributed by atoms with E-state index in [0.717, 1.165) is 30.9 Å². The van der Waals surface area contributed by atoms with Gasteiger partial charge in [0.1, 0.15) is 5.82 Å². The molecule has 1 aliphatic rings. The summed E-state index contributed by atoms with van der Waals surface area (Å²) in [6.07, 6.45) is 2.73. The van der Waals surface area contributed by atoms with Gasteiger partial charge in [-0.05, 0) is 35.1 Å². The summed E-state index contributed by atoms with van der Waals surface area (Å²) in [6.45, 7) is 1.78. The van der Waals surface area contributed by atoms with E-state index >= 15 is 0 Å². The Morgan fingerprint density at radius 3 is 3.17 bits per heavy atom. The summed E-state index contributed by atoms with van der Waals surface area (Å²) in [5.74, 6) is 0.811. The van der Waals surface area contributed by atoms with E-state index in [1.165, 1.54) is 10.4 Å². The van der Waals surface area contributed by atoms with E-state index in [1.807, 2.05) is 11.3 Å². The van der Waals surface area contributed by atoms with Gasteiger partial charge in [0, 0.05) is 24.2 Å². The summed E-state index contributed by atoms with van der Waals surface area (Å²) < 4.78 is 0. The maximum absolute atomic E-state index is 9.05. The third-order valence-corrected chi connectivity index (χ3v) is 4.47. The molecule has 0 fully saturated rings. The monoisotopic (exact) mass is 280 g/mol. The van der Waals surface area contributed by atoms with Crippen LogP contribution in [0.25, 0.3) is 0 Å². The molecule has 18 heavy (non-hydrogen) atoms. The van der Waals surface area contributed by atoms with Crippen LogP contribution in [0.1, 0.15) is 16.0 Å². The normalized spacial score (nSPS) is 14.7. The van der Waals surface area contributed by atoms with Crippen LogP contribution in [0.3, 0.4) is 0 Å². The molecule has 0 radical (unpaired) electrons.